The maximum atomic E-state index is 13.2. The van der Waals surface area contributed by atoms with Crippen LogP contribution >= 0.6 is 12.0 Å². The maximum Gasteiger partial charge on any atom is 0.251 e. The van der Waals surface area contributed by atoms with E-state index >= 15 is 0 Å². The number of nitriles is 1. The first kappa shape index (κ1) is 33.0. The van der Waals surface area contributed by atoms with Crippen molar-refractivity contribution in [2.24, 2.45) is 0 Å². The highest BCUT2D eigenvalue weighted by atomic mass is 32.2. The predicted octanol–water partition coefficient (Wildman–Crippen LogP) is 3.57. The van der Waals surface area contributed by atoms with Gasteiger partial charge in [0, 0.05) is 36.2 Å². The van der Waals surface area contributed by atoms with E-state index in [1.165, 1.54) is 5.69 Å². The fraction of sp³-hybridized carbons (Fsp3) is 0.433. The maximum absolute atomic E-state index is 13.2. The fourth-order valence-corrected chi connectivity index (χ4v) is 6.78. The van der Waals surface area contributed by atoms with E-state index < -0.39 is 52.0 Å². The number of rotatable bonds is 13. The summed E-state index contributed by atoms with van der Waals surface area (Å²) >= 11 is 0.346. The number of furan rings is 1. The van der Waals surface area contributed by atoms with Gasteiger partial charge in [-0.2, -0.15) is 5.26 Å². The van der Waals surface area contributed by atoms with Crippen LogP contribution in [0, 0.1) is 11.3 Å². The van der Waals surface area contributed by atoms with E-state index in [4.69, 9.17) is 9.15 Å². The van der Waals surface area contributed by atoms with Crippen molar-refractivity contribution in [2.45, 2.75) is 57.1 Å². The molecule has 0 spiro atoms. The monoisotopic (exact) mass is 631 g/mol. The number of aliphatic hydroxyl groups is 3. The van der Waals surface area contributed by atoms with Crippen LogP contribution in [0.1, 0.15) is 32.4 Å². The Morgan fingerprint density at radius 3 is 2.40 bits per heavy atom. The number of benzene rings is 2. The van der Waals surface area contributed by atoms with Gasteiger partial charge in [0.25, 0.3) is 10.0 Å². The molecule has 5 N–H and O–H groups in total. The lowest BCUT2D eigenvalue weighted by molar-refractivity contribution is -0.185. The smallest absolute Gasteiger partial charge is 0.251 e. The summed E-state index contributed by atoms with van der Waals surface area (Å²) in [6.07, 6.45) is -2.35. The lowest BCUT2D eigenvalue weighted by Gasteiger charge is -2.42. The normalized spacial score (nSPS) is 22.9. The molecule has 13 heteroatoms. The van der Waals surface area contributed by atoms with E-state index in [0.717, 1.165) is 48.3 Å². The van der Waals surface area contributed by atoms with Crippen molar-refractivity contribution in [1.29, 1.82) is 5.26 Å². The topological polar surface area (TPSA) is 176 Å². The highest BCUT2D eigenvalue weighted by Crippen LogP contribution is 2.30. The van der Waals surface area contributed by atoms with Crippen molar-refractivity contribution in [2.75, 3.05) is 30.3 Å². The van der Waals surface area contributed by atoms with Crippen LogP contribution in [0.25, 0.3) is 28.2 Å². The van der Waals surface area contributed by atoms with Gasteiger partial charge in [-0.15, -0.1) is 0 Å². The number of nitrogens with one attached hydrogen (secondary N) is 1. The molecule has 11 nitrogen and oxygen atoms in total. The number of allylic oxidation sites excluding steroid dienone is 1. The van der Waals surface area contributed by atoms with Crippen LogP contribution in [0.5, 0.6) is 0 Å². The number of aliphatic hydroxyl groups excluding tert-OH is 3. The first-order valence-corrected chi connectivity index (χ1v) is 16.5. The highest BCUT2D eigenvalue weighted by molar-refractivity contribution is 7.94. The molecule has 2 aromatic carbocycles. The molecular weight excluding hydrogens is 594 g/mol. The van der Waals surface area contributed by atoms with E-state index in [9.17, 15) is 33.6 Å². The van der Waals surface area contributed by atoms with Gasteiger partial charge in [0.2, 0.25) is 0 Å². The van der Waals surface area contributed by atoms with Crippen LogP contribution in [0.2, 0.25) is 0 Å². The Balaban J connectivity index is 1.55. The van der Waals surface area contributed by atoms with E-state index in [1.54, 1.807) is 18.2 Å². The average Bonchev–Trinajstić information content (AvgIpc) is 3.47. The summed E-state index contributed by atoms with van der Waals surface area (Å²) in [7, 11) is -4.52. The van der Waals surface area contributed by atoms with E-state index in [1.807, 2.05) is 18.2 Å². The van der Waals surface area contributed by atoms with Gasteiger partial charge >= 0.3 is 0 Å². The Morgan fingerprint density at radius 2 is 1.74 bits per heavy atom. The molecule has 0 bridgehead atoms. The van der Waals surface area contributed by atoms with Crippen LogP contribution < -0.4 is 9.62 Å². The number of ether oxygens (including phenoxy) is 1. The Hall–Kier alpha value is -2.93. The number of nitrogens with zero attached hydrogens (tertiary/aromatic N) is 2. The molecule has 43 heavy (non-hydrogen) atoms. The molecule has 1 saturated heterocycles. The van der Waals surface area contributed by atoms with Crippen molar-refractivity contribution >= 4 is 44.6 Å². The third-order valence-corrected chi connectivity index (χ3v) is 9.17. The first-order valence-electron chi connectivity index (χ1n) is 14.1. The van der Waals surface area contributed by atoms with E-state index in [0.29, 0.717) is 17.8 Å². The van der Waals surface area contributed by atoms with Gasteiger partial charge in [-0.05, 0) is 66.0 Å². The summed E-state index contributed by atoms with van der Waals surface area (Å²) in [5, 5.41) is 42.0. The van der Waals surface area contributed by atoms with Crippen LogP contribution in [0.4, 0.5) is 5.69 Å². The fourth-order valence-electron chi connectivity index (χ4n) is 5.18. The SMILES string of the molecule is CCCN(CCC)c1ccc2cc(-c3ccc(/C=C(\C#N)S(=O)(=O)N[C@H]4C(CSO)O[C@H](CO)[C@@H](O)[C@@H]4O)o3)ccc2c1. The minimum atomic E-state index is -4.52. The zero-order valence-corrected chi connectivity index (χ0v) is 25.6. The number of anilines is 1. The summed E-state index contributed by atoms with van der Waals surface area (Å²) in [5.41, 5.74) is 1.95. The minimum Gasteiger partial charge on any atom is -0.457 e. The number of hydrogen-bond acceptors (Lipinski definition) is 11. The number of hydrogen-bond donors (Lipinski definition) is 5. The molecule has 1 aliphatic rings. The summed E-state index contributed by atoms with van der Waals surface area (Å²) in [6.45, 7) is 5.68. The largest absolute Gasteiger partial charge is 0.457 e. The van der Waals surface area contributed by atoms with Crippen LogP contribution in [-0.4, -0.2) is 84.2 Å². The summed E-state index contributed by atoms with van der Waals surface area (Å²) in [4.78, 5) is 1.68. The lowest BCUT2D eigenvalue weighted by Crippen LogP contribution is -2.64. The summed E-state index contributed by atoms with van der Waals surface area (Å²) in [6, 6.07) is 15.7. The molecule has 2 heterocycles. The molecule has 0 aliphatic carbocycles. The third kappa shape index (κ3) is 7.60. The number of sulfonamides is 1. The molecule has 1 unspecified atom stereocenters. The van der Waals surface area contributed by atoms with Crippen molar-refractivity contribution in [3.63, 3.8) is 0 Å². The van der Waals surface area contributed by atoms with Crippen molar-refractivity contribution in [3.8, 4) is 17.4 Å². The lowest BCUT2D eigenvalue weighted by atomic mass is 9.94. The Kier molecular flexibility index (Phi) is 11.3. The molecule has 0 saturated carbocycles. The van der Waals surface area contributed by atoms with Crippen LogP contribution in [-0.2, 0) is 14.8 Å². The molecule has 3 aromatic rings. The van der Waals surface area contributed by atoms with Crippen LogP contribution in [0.3, 0.4) is 0 Å². The third-order valence-electron chi connectivity index (χ3n) is 7.32. The molecule has 0 radical (unpaired) electrons. The van der Waals surface area contributed by atoms with Gasteiger partial charge < -0.3 is 33.9 Å². The van der Waals surface area contributed by atoms with E-state index in [-0.39, 0.29) is 11.5 Å². The Morgan fingerprint density at radius 1 is 1.05 bits per heavy atom. The highest BCUT2D eigenvalue weighted by Gasteiger charge is 2.46. The predicted molar refractivity (Wildman–Crippen MR) is 167 cm³/mol. The average molecular weight is 632 g/mol. The van der Waals surface area contributed by atoms with Crippen molar-refractivity contribution < 1.29 is 37.4 Å². The van der Waals surface area contributed by atoms with E-state index in [2.05, 4.69) is 41.7 Å². The second-order valence-electron chi connectivity index (χ2n) is 10.4. The Bertz CT molecular complexity index is 1560. The minimum absolute atomic E-state index is 0.116. The van der Waals surface area contributed by atoms with Gasteiger partial charge in [-0.3, -0.25) is 0 Å². The van der Waals surface area contributed by atoms with Crippen LogP contribution in [0.15, 0.2) is 57.9 Å². The van der Waals surface area contributed by atoms with Gasteiger partial charge in [-0.25, -0.2) is 13.1 Å². The van der Waals surface area contributed by atoms with Crippen molar-refractivity contribution in [3.05, 3.63) is 59.2 Å². The van der Waals surface area contributed by atoms with Crippen molar-refractivity contribution in [1.82, 2.24) is 4.72 Å². The summed E-state index contributed by atoms with van der Waals surface area (Å²) in [5.74, 6) is 0.432. The number of fused-ring (bicyclic) bond motifs is 1. The molecule has 4 rings (SSSR count). The molecule has 1 aromatic heterocycles. The molecular formula is C30H37N3O8S2. The summed E-state index contributed by atoms with van der Waals surface area (Å²) < 4.78 is 49.2. The second kappa shape index (κ2) is 14.7. The van der Waals surface area contributed by atoms with Gasteiger partial charge in [-0.1, -0.05) is 32.0 Å². The molecule has 232 valence electrons. The zero-order valence-electron chi connectivity index (χ0n) is 24.0. The van der Waals surface area contributed by atoms with Gasteiger partial charge in [0.15, 0.2) is 4.91 Å². The Labute approximate surface area is 255 Å². The molecule has 5 atom stereocenters. The quantitative estimate of drug-likeness (QED) is 0.138. The zero-order chi connectivity index (χ0) is 31.1. The molecule has 1 aliphatic heterocycles. The molecule has 0 amide bonds. The van der Waals surface area contributed by atoms with Gasteiger partial charge in [0.05, 0.1) is 18.8 Å². The first-order chi connectivity index (χ1) is 20.6. The standard InChI is InChI=1S/C30H37N3O8S2/c1-3-11-33(12-4-2)22-8-7-19-13-21(6-5-20(19)14-22)25-10-9-23(40-25)15-24(16-31)43(38,39)32-28-27(18-42-37)41-26(17-34)29(35)30(28)36/h5-10,13-15,26-30,32,34-37H,3-4,11-12,17-18H2,1-2H3/b24-15+/t26-,27?,28+,29-,30-/m1/s1. The molecule has 1 fully saturated rings. The van der Waals surface area contributed by atoms with Gasteiger partial charge in [0.1, 0.15) is 35.9 Å². The second-order valence-corrected chi connectivity index (χ2v) is 12.6.